The lowest BCUT2D eigenvalue weighted by atomic mass is 10.2. The third-order valence-corrected chi connectivity index (χ3v) is 2.68. The molecule has 5 nitrogen and oxygen atoms in total. The zero-order valence-corrected chi connectivity index (χ0v) is 11.6. The molecule has 18 heavy (non-hydrogen) atoms. The number of ether oxygens (including phenoxy) is 2. The van der Waals surface area contributed by atoms with Crippen LogP contribution in [0.2, 0.25) is 0 Å². The highest BCUT2D eigenvalue weighted by molar-refractivity contribution is 6.18. The number of nitrogens with one attached hydrogen (secondary N) is 1. The van der Waals surface area contributed by atoms with Gasteiger partial charge in [-0.25, -0.2) is 9.97 Å². The average molecular weight is 274 g/mol. The third kappa shape index (κ3) is 5.51. The molecule has 0 spiro atoms. The summed E-state index contributed by atoms with van der Waals surface area (Å²) in [5.41, 5.74) is 0. The van der Waals surface area contributed by atoms with Crippen molar-refractivity contribution in [1.82, 2.24) is 9.97 Å². The third-order valence-electron chi connectivity index (χ3n) is 2.30. The van der Waals surface area contributed by atoms with Crippen molar-refractivity contribution in [3.05, 3.63) is 12.4 Å². The summed E-state index contributed by atoms with van der Waals surface area (Å²) >= 11 is 5.88. The summed E-state index contributed by atoms with van der Waals surface area (Å²) in [6, 6.07) is 1.91. The van der Waals surface area contributed by atoms with E-state index < -0.39 is 0 Å². The number of hydrogen-bond donors (Lipinski definition) is 1. The van der Waals surface area contributed by atoms with E-state index in [1.54, 1.807) is 13.2 Å². The predicted octanol–water partition coefficient (Wildman–Crippen LogP) is 2.32. The smallest absolute Gasteiger partial charge is 0.218 e. The Bertz CT molecular complexity index is 339. The molecular weight excluding hydrogens is 254 g/mol. The largest absolute Gasteiger partial charge is 0.478 e. The summed E-state index contributed by atoms with van der Waals surface area (Å²) < 4.78 is 10.5. The summed E-state index contributed by atoms with van der Waals surface area (Å²) in [7, 11) is 1.67. The summed E-state index contributed by atoms with van der Waals surface area (Å²) in [5, 5.41) is 3.24. The highest BCUT2D eigenvalue weighted by atomic mass is 35.5. The molecule has 6 heteroatoms. The average Bonchev–Trinajstić information content (AvgIpc) is 2.41. The van der Waals surface area contributed by atoms with Crippen molar-refractivity contribution in [3.63, 3.8) is 0 Å². The molecule has 102 valence electrons. The first-order valence-electron chi connectivity index (χ1n) is 6.06. The summed E-state index contributed by atoms with van der Waals surface area (Å²) in [6.07, 6.45) is 3.26. The van der Waals surface area contributed by atoms with Gasteiger partial charge in [0.05, 0.1) is 6.61 Å². The van der Waals surface area contributed by atoms with Crippen molar-refractivity contribution >= 4 is 17.4 Å². The number of halogens is 1. The van der Waals surface area contributed by atoms with E-state index in [1.165, 1.54) is 6.33 Å². The van der Waals surface area contributed by atoms with Crippen LogP contribution in [0.1, 0.15) is 19.8 Å². The lowest BCUT2D eigenvalue weighted by Gasteiger charge is -2.16. The van der Waals surface area contributed by atoms with Crippen LogP contribution in [-0.2, 0) is 4.74 Å². The van der Waals surface area contributed by atoms with Gasteiger partial charge in [-0.1, -0.05) is 6.92 Å². The molecule has 1 aromatic heterocycles. The molecule has 1 atom stereocenters. The van der Waals surface area contributed by atoms with Gasteiger partial charge in [-0.05, 0) is 12.8 Å². The van der Waals surface area contributed by atoms with Crippen LogP contribution >= 0.6 is 11.6 Å². The Balaban J connectivity index is 2.53. The molecule has 1 unspecified atom stereocenters. The number of rotatable bonds is 9. The lowest BCUT2D eigenvalue weighted by Crippen LogP contribution is -2.23. The molecule has 1 heterocycles. The van der Waals surface area contributed by atoms with Gasteiger partial charge in [0.2, 0.25) is 5.88 Å². The van der Waals surface area contributed by atoms with Crippen LogP contribution in [0, 0.1) is 0 Å². The highest BCUT2D eigenvalue weighted by Gasteiger charge is 2.08. The van der Waals surface area contributed by atoms with Crippen molar-refractivity contribution in [3.8, 4) is 5.88 Å². The summed E-state index contributed by atoms with van der Waals surface area (Å²) in [6.45, 7) is 3.36. The van der Waals surface area contributed by atoms with E-state index in [-0.39, 0.29) is 6.04 Å². The van der Waals surface area contributed by atoms with Crippen LogP contribution in [-0.4, -0.2) is 42.2 Å². The van der Waals surface area contributed by atoms with Gasteiger partial charge in [0.25, 0.3) is 0 Å². The first kappa shape index (κ1) is 15.0. The maximum absolute atomic E-state index is 5.88. The number of nitrogens with zero attached hydrogens (tertiary/aromatic N) is 2. The van der Waals surface area contributed by atoms with Crippen molar-refractivity contribution in [2.75, 3.05) is 31.5 Å². The molecule has 1 N–H and O–H groups in total. The maximum atomic E-state index is 5.88. The van der Waals surface area contributed by atoms with Gasteiger partial charge in [0.1, 0.15) is 12.1 Å². The molecule has 0 aliphatic heterocycles. The van der Waals surface area contributed by atoms with Crippen molar-refractivity contribution in [2.24, 2.45) is 0 Å². The summed E-state index contributed by atoms with van der Waals surface area (Å²) in [5.74, 6) is 1.80. The minimum Gasteiger partial charge on any atom is -0.478 e. The SMILES string of the molecule is CCCOc1cc(NC(CCl)CCOC)ncn1. The van der Waals surface area contributed by atoms with Crippen LogP contribution in [0.5, 0.6) is 5.88 Å². The Morgan fingerprint density at radius 1 is 1.39 bits per heavy atom. The van der Waals surface area contributed by atoms with E-state index in [4.69, 9.17) is 21.1 Å². The van der Waals surface area contributed by atoms with Crippen LogP contribution < -0.4 is 10.1 Å². The fraction of sp³-hybridized carbons (Fsp3) is 0.667. The number of alkyl halides is 1. The number of methoxy groups -OCH3 is 1. The predicted molar refractivity (Wildman–Crippen MR) is 72.4 cm³/mol. The molecule has 0 fully saturated rings. The molecule has 1 aromatic rings. The van der Waals surface area contributed by atoms with Crippen molar-refractivity contribution < 1.29 is 9.47 Å². The first-order valence-corrected chi connectivity index (χ1v) is 6.59. The second-order valence-electron chi connectivity index (χ2n) is 3.87. The molecule has 0 bridgehead atoms. The second-order valence-corrected chi connectivity index (χ2v) is 4.18. The van der Waals surface area contributed by atoms with E-state index in [9.17, 15) is 0 Å². The fourth-order valence-electron chi connectivity index (χ4n) is 1.36. The molecular formula is C12H20ClN3O2. The number of aromatic nitrogens is 2. The van der Waals surface area contributed by atoms with E-state index in [0.717, 1.165) is 18.7 Å². The molecule has 0 saturated carbocycles. The van der Waals surface area contributed by atoms with E-state index in [0.29, 0.717) is 25.0 Å². The van der Waals surface area contributed by atoms with Gasteiger partial charge in [-0.2, -0.15) is 0 Å². The maximum Gasteiger partial charge on any atom is 0.218 e. The van der Waals surface area contributed by atoms with Crippen molar-refractivity contribution in [2.45, 2.75) is 25.8 Å². The number of hydrogen-bond acceptors (Lipinski definition) is 5. The second kappa shape index (κ2) is 8.94. The molecule has 0 saturated heterocycles. The fourth-order valence-corrected chi connectivity index (χ4v) is 1.59. The topological polar surface area (TPSA) is 56.3 Å². The Morgan fingerprint density at radius 2 is 2.22 bits per heavy atom. The quantitative estimate of drug-likeness (QED) is 0.700. The van der Waals surface area contributed by atoms with Gasteiger partial charge in [-0.15, -0.1) is 11.6 Å². The molecule has 1 rings (SSSR count). The van der Waals surface area contributed by atoms with Gasteiger partial charge in [-0.3, -0.25) is 0 Å². The van der Waals surface area contributed by atoms with E-state index in [2.05, 4.69) is 22.2 Å². The molecule has 0 aliphatic carbocycles. The minimum atomic E-state index is 0.126. The monoisotopic (exact) mass is 273 g/mol. The minimum absolute atomic E-state index is 0.126. The van der Waals surface area contributed by atoms with Gasteiger partial charge >= 0.3 is 0 Å². The molecule has 0 aromatic carbocycles. The summed E-state index contributed by atoms with van der Waals surface area (Å²) in [4.78, 5) is 8.18. The van der Waals surface area contributed by atoms with E-state index in [1.807, 2.05) is 0 Å². The van der Waals surface area contributed by atoms with Crippen LogP contribution in [0.3, 0.4) is 0 Å². The van der Waals surface area contributed by atoms with Crippen LogP contribution in [0.25, 0.3) is 0 Å². The Labute approximate surface area is 113 Å². The Morgan fingerprint density at radius 3 is 2.89 bits per heavy atom. The van der Waals surface area contributed by atoms with Crippen LogP contribution in [0.15, 0.2) is 12.4 Å². The van der Waals surface area contributed by atoms with Gasteiger partial charge < -0.3 is 14.8 Å². The first-order chi connectivity index (χ1) is 8.80. The van der Waals surface area contributed by atoms with Crippen molar-refractivity contribution in [1.29, 1.82) is 0 Å². The normalized spacial score (nSPS) is 12.2. The number of anilines is 1. The van der Waals surface area contributed by atoms with Gasteiger partial charge in [0, 0.05) is 31.7 Å². The lowest BCUT2D eigenvalue weighted by molar-refractivity contribution is 0.191. The molecule has 0 aliphatic rings. The van der Waals surface area contributed by atoms with Crippen LogP contribution in [0.4, 0.5) is 5.82 Å². The highest BCUT2D eigenvalue weighted by Crippen LogP contribution is 2.13. The van der Waals surface area contributed by atoms with E-state index >= 15 is 0 Å². The Hall–Kier alpha value is -1.07. The molecule has 0 radical (unpaired) electrons. The molecule has 0 amide bonds. The zero-order chi connectivity index (χ0) is 13.2. The standard InChI is InChI=1S/C12H20ClN3O2/c1-3-5-18-12-7-11(14-9-15-12)16-10(8-13)4-6-17-2/h7,9-10H,3-6,8H2,1-2H3,(H,14,15,16). The van der Waals surface area contributed by atoms with Gasteiger partial charge in [0.15, 0.2) is 0 Å². The zero-order valence-electron chi connectivity index (χ0n) is 10.9. The Kier molecular flexibility index (Phi) is 7.44.